The molecule has 0 aromatic carbocycles. The van der Waals surface area contributed by atoms with Crippen LogP contribution in [0.5, 0.6) is 0 Å². The summed E-state index contributed by atoms with van der Waals surface area (Å²) in [5.41, 5.74) is 3.39. The van der Waals surface area contributed by atoms with Crippen molar-refractivity contribution in [3.63, 3.8) is 0 Å². The minimum absolute atomic E-state index is 0.697. The maximum Gasteiger partial charge on any atom is 0.128 e. The number of hydrogen-bond donors (Lipinski definition) is 1. The SMILES string of the molecule is CCCCN(C)Cc1cn[nH]c1-c1ccc(N(C)CC2CCOCC2)nc1. The Hall–Kier alpha value is -1.92. The van der Waals surface area contributed by atoms with E-state index in [1.54, 1.807) is 0 Å². The minimum atomic E-state index is 0.697. The second kappa shape index (κ2) is 9.85. The van der Waals surface area contributed by atoms with Crippen LogP contribution in [0.1, 0.15) is 38.2 Å². The lowest BCUT2D eigenvalue weighted by Gasteiger charge is -2.27. The van der Waals surface area contributed by atoms with Gasteiger partial charge < -0.3 is 14.5 Å². The minimum Gasteiger partial charge on any atom is -0.381 e. The number of anilines is 1. The second-order valence-electron chi connectivity index (χ2n) is 7.70. The molecule has 1 N–H and O–H groups in total. The van der Waals surface area contributed by atoms with E-state index in [0.29, 0.717) is 5.92 Å². The fourth-order valence-corrected chi connectivity index (χ4v) is 3.65. The van der Waals surface area contributed by atoms with Gasteiger partial charge in [0.1, 0.15) is 5.82 Å². The topological polar surface area (TPSA) is 57.3 Å². The summed E-state index contributed by atoms with van der Waals surface area (Å²) in [5, 5.41) is 7.42. The Balaban J connectivity index is 1.62. The van der Waals surface area contributed by atoms with Gasteiger partial charge in [0.25, 0.3) is 0 Å². The first-order valence-electron chi connectivity index (χ1n) is 10.1. The number of hydrogen-bond acceptors (Lipinski definition) is 5. The first kappa shape index (κ1) is 19.8. The van der Waals surface area contributed by atoms with Gasteiger partial charge in [0.15, 0.2) is 0 Å². The summed E-state index contributed by atoms with van der Waals surface area (Å²) in [5.74, 6) is 1.72. The van der Waals surface area contributed by atoms with Gasteiger partial charge in [-0.3, -0.25) is 5.10 Å². The van der Waals surface area contributed by atoms with E-state index in [0.717, 1.165) is 62.8 Å². The van der Waals surface area contributed by atoms with Crippen molar-refractivity contribution in [3.8, 4) is 11.3 Å². The summed E-state index contributed by atoms with van der Waals surface area (Å²) in [6.45, 7) is 7.05. The summed E-state index contributed by atoms with van der Waals surface area (Å²) in [6, 6.07) is 4.26. The smallest absolute Gasteiger partial charge is 0.128 e. The molecule has 27 heavy (non-hydrogen) atoms. The van der Waals surface area contributed by atoms with Crippen LogP contribution in [0.2, 0.25) is 0 Å². The highest BCUT2D eigenvalue weighted by atomic mass is 16.5. The first-order valence-corrected chi connectivity index (χ1v) is 10.1. The predicted octanol–water partition coefficient (Wildman–Crippen LogP) is 3.57. The first-order chi connectivity index (χ1) is 13.2. The van der Waals surface area contributed by atoms with Crippen LogP contribution >= 0.6 is 0 Å². The zero-order valence-electron chi connectivity index (χ0n) is 16.9. The van der Waals surface area contributed by atoms with E-state index in [-0.39, 0.29) is 0 Å². The van der Waals surface area contributed by atoms with Gasteiger partial charge in [0.2, 0.25) is 0 Å². The molecule has 0 aliphatic carbocycles. The van der Waals surface area contributed by atoms with Crippen LogP contribution in [0.15, 0.2) is 24.5 Å². The summed E-state index contributed by atoms with van der Waals surface area (Å²) in [7, 11) is 4.29. The molecule has 2 aromatic rings. The van der Waals surface area contributed by atoms with Crippen LogP contribution in [0.4, 0.5) is 5.82 Å². The van der Waals surface area contributed by atoms with Crippen molar-refractivity contribution in [2.45, 2.75) is 39.2 Å². The quantitative estimate of drug-likeness (QED) is 0.730. The van der Waals surface area contributed by atoms with Gasteiger partial charge in [-0.25, -0.2) is 4.98 Å². The fourth-order valence-electron chi connectivity index (χ4n) is 3.65. The van der Waals surface area contributed by atoms with Crippen molar-refractivity contribution in [3.05, 3.63) is 30.1 Å². The number of aromatic nitrogens is 3. The van der Waals surface area contributed by atoms with E-state index in [1.165, 1.54) is 18.4 Å². The van der Waals surface area contributed by atoms with E-state index < -0.39 is 0 Å². The van der Waals surface area contributed by atoms with Crippen molar-refractivity contribution in [2.24, 2.45) is 5.92 Å². The van der Waals surface area contributed by atoms with Gasteiger partial charge in [0.05, 0.1) is 11.9 Å². The molecule has 1 aliphatic rings. The fraction of sp³-hybridized carbons (Fsp3) is 0.619. The van der Waals surface area contributed by atoms with E-state index in [2.05, 4.69) is 53.1 Å². The normalized spacial score (nSPS) is 15.4. The van der Waals surface area contributed by atoms with Crippen LogP contribution in [0.3, 0.4) is 0 Å². The molecule has 6 nitrogen and oxygen atoms in total. The third kappa shape index (κ3) is 5.53. The molecular formula is C21H33N5O. The Morgan fingerprint density at radius 1 is 1.19 bits per heavy atom. The molecule has 1 saturated heterocycles. The van der Waals surface area contributed by atoms with Crippen molar-refractivity contribution >= 4 is 5.82 Å². The summed E-state index contributed by atoms with van der Waals surface area (Å²) in [4.78, 5) is 9.31. The molecule has 0 spiro atoms. The lowest BCUT2D eigenvalue weighted by molar-refractivity contribution is 0.0685. The van der Waals surface area contributed by atoms with Crippen LogP contribution in [-0.2, 0) is 11.3 Å². The van der Waals surface area contributed by atoms with Crippen molar-refractivity contribution in [1.29, 1.82) is 0 Å². The molecule has 1 aliphatic heterocycles. The standard InChI is InChI=1S/C21H33N5O/c1-4-5-10-25(2)16-19-14-23-24-21(19)18-6-7-20(22-13-18)26(3)15-17-8-11-27-12-9-17/h6-7,13-14,17H,4-5,8-12,15-16H2,1-3H3,(H,23,24). The molecule has 2 aromatic heterocycles. The van der Waals surface area contributed by atoms with Crippen molar-refractivity contribution < 1.29 is 4.74 Å². The molecule has 1 fully saturated rings. The maximum atomic E-state index is 5.46. The zero-order chi connectivity index (χ0) is 19.1. The highest BCUT2D eigenvalue weighted by Crippen LogP contribution is 2.24. The molecular weight excluding hydrogens is 338 g/mol. The summed E-state index contributed by atoms with van der Waals surface area (Å²) < 4.78 is 5.46. The number of nitrogens with one attached hydrogen (secondary N) is 1. The van der Waals surface area contributed by atoms with E-state index in [1.807, 2.05) is 12.4 Å². The molecule has 148 valence electrons. The molecule has 0 bridgehead atoms. The number of ether oxygens (including phenoxy) is 1. The molecule has 0 atom stereocenters. The van der Waals surface area contributed by atoms with E-state index >= 15 is 0 Å². The molecule has 0 amide bonds. The molecule has 3 rings (SSSR count). The Kier molecular flexibility index (Phi) is 7.24. The Morgan fingerprint density at radius 2 is 2.00 bits per heavy atom. The molecule has 0 unspecified atom stereocenters. The molecule has 3 heterocycles. The lowest BCUT2D eigenvalue weighted by Crippen LogP contribution is -2.30. The average molecular weight is 372 g/mol. The monoisotopic (exact) mass is 371 g/mol. The van der Waals surface area contributed by atoms with E-state index in [9.17, 15) is 0 Å². The van der Waals surface area contributed by atoms with Gasteiger partial charge in [0, 0.05) is 50.7 Å². The maximum absolute atomic E-state index is 5.46. The van der Waals surface area contributed by atoms with Gasteiger partial charge >= 0.3 is 0 Å². The third-order valence-electron chi connectivity index (χ3n) is 5.35. The average Bonchev–Trinajstić information content (AvgIpc) is 3.15. The lowest BCUT2D eigenvalue weighted by atomic mass is 10.00. The summed E-state index contributed by atoms with van der Waals surface area (Å²) in [6.07, 6.45) is 8.62. The van der Waals surface area contributed by atoms with Gasteiger partial charge in [-0.05, 0) is 50.9 Å². The Morgan fingerprint density at radius 3 is 2.70 bits per heavy atom. The molecule has 0 radical (unpaired) electrons. The number of pyridine rings is 1. The number of nitrogens with zero attached hydrogens (tertiary/aromatic N) is 4. The van der Waals surface area contributed by atoms with Crippen molar-refractivity contribution in [2.75, 3.05) is 45.3 Å². The number of rotatable bonds is 9. The second-order valence-corrected chi connectivity index (χ2v) is 7.70. The predicted molar refractivity (Wildman–Crippen MR) is 110 cm³/mol. The number of H-pyrrole nitrogens is 1. The van der Waals surface area contributed by atoms with Gasteiger partial charge in [-0.15, -0.1) is 0 Å². The number of aromatic amines is 1. The van der Waals surface area contributed by atoms with Gasteiger partial charge in [-0.2, -0.15) is 5.10 Å². The molecule has 6 heteroatoms. The van der Waals surface area contributed by atoms with Crippen LogP contribution in [0.25, 0.3) is 11.3 Å². The highest BCUT2D eigenvalue weighted by molar-refractivity contribution is 5.63. The Bertz CT molecular complexity index is 678. The van der Waals surface area contributed by atoms with Crippen molar-refractivity contribution in [1.82, 2.24) is 20.1 Å². The molecule has 0 saturated carbocycles. The number of unbranched alkanes of at least 4 members (excludes halogenated alkanes) is 1. The third-order valence-corrected chi connectivity index (χ3v) is 5.35. The highest BCUT2D eigenvalue weighted by Gasteiger charge is 2.17. The van der Waals surface area contributed by atoms with Crippen LogP contribution in [-0.4, -0.2) is 60.5 Å². The largest absolute Gasteiger partial charge is 0.381 e. The van der Waals surface area contributed by atoms with E-state index in [4.69, 9.17) is 9.72 Å². The Labute approximate surface area is 162 Å². The van der Waals surface area contributed by atoms with Crippen LogP contribution < -0.4 is 4.90 Å². The zero-order valence-corrected chi connectivity index (χ0v) is 16.9. The van der Waals surface area contributed by atoms with Gasteiger partial charge in [-0.1, -0.05) is 13.3 Å². The summed E-state index contributed by atoms with van der Waals surface area (Å²) >= 11 is 0. The van der Waals surface area contributed by atoms with Crippen LogP contribution in [0, 0.1) is 5.92 Å².